The molecule has 1 rings (SSSR count). The van der Waals surface area contributed by atoms with Crippen molar-refractivity contribution in [2.45, 2.75) is 26.4 Å². The van der Waals surface area contributed by atoms with E-state index >= 15 is 0 Å². The van der Waals surface area contributed by atoms with Crippen molar-refractivity contribution in [2.24, 2.45) is 0 Å². The molecule has 0 N–H and O–H groups in total. The van der Waals surface area contributed by atoms with Crippen LogP contribution in [0.25, 0.3) is 0 Å². The van der Waals surface area contributed by atoms with Gasteiger partial charge in [0.25, 0.3) is 0 Å². The van der Waals surface area contributed by atoms with Crippen molar-refractivity contribution >= 4 is 5.97 Å². The molecule has 0 aromatic rings. The smallest absolute Gasteiger partial charge is 0.323 e. The fourth-order valence-corrected chi connectivity index (χ4v) is 0.911. The first-order valence-electron chi connectivity index (χ1n) is 4.24. The minimum absolute atomic E-state index is 0.108. The van der Waals surface area contributed by atoms with E-state index in [2.05, 4.69) is 9.88 Å². The van der Waals surface area contributed by atoms with E-state index in [1.54, 1.807) is 0 Å². The van der Waals surface area contributed by atoms with Gasteiger partial charge in [-0.3, -0.25) is 4.79 Å². The average molecular weight is 189 g/mol. The molecule has 0 amide bonds. The molecule has 1 aliphatic heterocycles. The van der Waals surface area contributed by atoms with E-state index in [4.69, 9.17) is 4.74 Å². The van der Waals surface area contributed by atoms with Gasteiger partial charge in [0, 0.05) is 0 Å². The monoisotopic (exact) mass is 189 g/mol. The van der Waals surface area contributed by atoms with Crippen LogP contribution >= 0.6 is 0 Å². The van der Waals surface area contributed by atoms with Gasteiger partial charge in [-0.25, -0.2) is 4.89 Å². The minimum atomic E-state index is -0.447. The average Bonchev–Trinajstić information content (AvgIpc) is 2.34. The summed E-state index contributed by atoms with van der Waals surface area (Å²) in [5.41, 5.74) is -0.447. The first-order chi connectivity index (χ1) is 5.97. The van der Waals surface area contributed by atoms with Crippen molar-refractivity contribution in [3.63, 3.8) is 0 Å². The van der Waals surface area contributed by atoms with Gasteiger partial charge >= 0.3 is 5.97 Å². The Hall–Kier alpha value is -0.650. The van der Waals surface area contributed by atoms with Crippen LogP contribution in [0.4, 0.5) is 0 Å². The lowest BCUT2D eigenvalue weighted by molar-refractivity contribution is -0.368. The Bertz CT molecular complexity index is 181. The summed E-state index contributed by atoms with van der Waals surface area (Å²) < 4.78 is 5.08. The SMILES string of the molecule is CC(C)(C)OC(=O)CN1CCOO1. The molecule has 0 aromatic carbocycles. The molecule has 1 aliphatic rings. The number of carbonyl (C=O) groups excluding carboxylic acids is 1. The second kappa shape index (κ2) is 4.04. The molecular weight excluding hydrogens is 174 g/mol. The van der Waals surface area contributed by atoms with Crippen LogP contribution in [-0.4, -0.2) is 36.3 Å². The topological polar surface area (TPSA) is 48.0 Å². The standard InChI is InChI=1S/C8H15NO4/c1-8(2,3)12-7(10)6-9-4-5-11-13-9/h4-6H2,1-3H3. The molecule has 0 aromatic heterocycles. The van der Waals surface area contributed by atoms with E-state index in [1.165, 1.54) is 5.06 Å². The molecule has 0 bridgehead atoms. The van der Waals surface area contributed by atoms with Crippen LogP contribution in [0.3, 0.4) is 0 Å². The van der Waals surface area contributed by atoms with Crippen LogP contribution in [0.2, 0.25) is 0 Å². The molecule has 76 valence electrons. The Morgan fingerprint density at radius 1 is 1.54 bits per heavy atom. The van der Waals surface area contributed by atoms with Crippen molar-refractivity contribution < 1.29 is 19.4 Å². The lowest BCUT2D eigenvalue weighted by atomic mass is 10.2. The maximum atomic E-state index is 11.2. The van der Waals surface area contributed by atoms with Gasteiger partial charge in [0.15, 0.2) is 0 Å². The van der Waals surface area contributed by atoms with E-state index in [0.29, 0.717) is 13.2 Å². The third kappa shape index (κ3) is 4.21. The van der Waals surface area contributed by atoms with Crippen LogP contribution in [0, 0.1) is 0 Å². The Balaban J connectivity index is 2.24. The van der Waals surface area contributed by atoms with E-state index in [0.717, 1.165) is 0 Å². The van der Waals surface area contributed by atoms with Gasteiger partial charge in [0.2, 0.25) is 0 Å². The summed E-state index contributed by atoms with van der Waals surface area (Å²) in [6, 6.07) is 0. The minimum Gasteiger partial charge on any atom is -0.459 e. The first-order valence-corrected chi connectivity index (χ1v) is 4.24. The van der Waals surface area contributed by atoms with Gasteiger partial charge < -0.3 is 4.74 Å². The Kier molecular flexibility index (Phi) is 3.24. The molecular formula is C8H15NO4. The Morgan fingerprint density at radius 3 is 2.69 bits per heavy atom. The molecule has 1 heterocycles. The van der Waals surface area contributed by atoms with Gasteiger partial charge in [-0.15, -0.1) is 10.1 Å². The predicted molar refractivity (Wildman–Crippen MR) is 44.5 cm³/mol. The molecule has 0 spiro atoms. The summed E-state index contributed by atoms with van der Waals surface area (Å²) >= 11 is 0. The number of ether oxygens (including phenoxy) is 1. The van der Waals surface area contributed by atoms with Crippen LogP contribution < -0.4 is 0 Å². The number of carbonyl (C=O) groups is 1. The van der Waals surface area contributed by atoms with Gasteiger partial charge in [0.05, 0.1) is 13.2 Å². The van der Waals surface area contributed by atoms with E-state index in [-0.39, 0.29) is 12.5 Å². The highest BCUT2D eigenvalue weighted by atomic mass is 17.3. The summed E-state index contributed by atoms with van der Waals surface area (Å²) in [5, 5.41) is 1.42. The van der Waals surface area contributed by atoms with Crippen LogP contribution in [0.15, 0.2) is 0 Å². The van der Waals surface area contributed by atoms with Crippen molar-refractivity contribution in [3.8, 4) is 0 Å². The van der Waals surface area contributed by atoms with Crippen LogP contribution in [0.5, 0.6) is 0 Å². The first kappa shape index (κ1) is 10.4. The van der Waals surface area contributed by atoms with Crippen molar-refractivity contribution in [3.05, 3.63) is 0 Å². The lowest BCUT2D eigenvalue weighted by Crippen LogP contribution is -2.32. The quantitative estimate of drug-likeness (QED) is 0.468. The molecule has 0 unspecified atom stereocenters. The fourth-order valence-electron chi connectivity index (χ4n) is 0.911. The zero-order valence-corrected chi connectivity index (χ0v) is 8.20. The Morgan fingerprint density at radius 2 is 2.23 bits per heavy atom. The predicted octanol–water partition coefficient (Wildman–Crippen LogP) is 0.507. The van der Waals surface area contributed by atoms with E-state index < -0.39 is 5.60 Å². The summed E-state index contributed by atoms with van der Waals surface area (Å²) in [7, 11) is 0. The van der Waals surface area contributed by atoms with Crippen LogP contribution in [-0.2, 0) is 19.4 Å². The molecule has 0 atom stereocenters. The highest BCUT2D eigenvalue weighted by molar-refractivity contribution is 5.71. The number of hydrogen-bond acceptors (Lipinski definition) is 5. The summed E-state index contributed by atoms with van der Waals surface area (Å²) in [6.07, 6.45) is 0. The maximum Gasteiger partial charge on any atom is 0.323 e. The summed E-state index contributed by atoms with van der Waals surface area (Å²) in [4.78, 5) is 20.5. The van der Waals surface area contributed by atoms with Gasteiger partial charge in [-0.2, -0.15) is 0 Å². The Labute approximate surface area is 77.4 Å². The fraction of sp³-hybridized carbons (Fsp3) is 0.875. The molecule has 0 radical (unpaired) electrons. The highest BCUT2D eigenvalue weighted by Crippen LogP contribution is 2.08. The third-order valence-electron chi connectivity index (χ3n) is 1.31. The molecule has 1 fully saturated rings. The normalized spacial score (nSPS) is 19.0. The molecule has 5 heteroatoms. The number of esters is 1. The lowest BCUT2D eigenvalue weighted by Gasteiger charge is -2.20. The molecule has 0 saturated carbocycles. The number of hydroxylamine groups is 2. The second-order valence-corrected chi connectivity index (χ2v) is 3.85. The number of nitrogens with zero attached hydrogens (tertiary/aromatic N) is 1. The van der Waals surface area contributed by atoms with E-state index in [9.17, 15) is 4.79 Å². The zero-order valence-electron chi connectivity index (χ0n) is 8.20. The van der Waals surface area contributed by atoms with Gasteiger partial charge in [-0.1, -0.05) is 0 Å². The third-order valence-corrected chi connectivity index (χ3v) is 1.31. The summed E-state index contributed by atoms with van der Waals surface area (Å²) in [6.45, 7) is 6.67. The highest BCUT2D eigenvalue weighted by Gasteiger charge is 2.22. The van der Waals surface area contributed by atoms with Crippen molar-refractivity contribution in [2.75, 3.05) is 19.7 Å². The molecule has 0 aliphatic carbocycles. The van der Waals surface area contributed by atoms with Crippen molar-refractivity contribution in [1.82, 2.24) is 5.06 Å². The van der Waals surface area contributed by atoms with Gasteiger partial charge in [-0.05, 0) is 20.8 Å². The maximum absolute atomic E-state index is 11.2. The second-order valence-electron chi connectivity index (χ2n) is 3.85. The van der Waals surface area contributed by atoms with Gasteiger partial charge in [0.1, 0.15) is 12.1 Å². The zero-order chi connectivity index (χ0) is 9.90. The van der Waals surface area contributed by atoms with Crippen molar-refractivity contribution in [1.29, 1.82) is 0 Å². The van der Waals surface area contributed by atoms with Crippen LogP contribution in [0.1, 0.15) is 20.8 Å². The van der Waals surface area contributed by atoms with E-state index in [1.807, 2.05) is 20.8 Å². The molecule has 5 nitrogen and oxygen atoms in total. The molecule has 13 heavy (non-hydrogen) atoms. The largest absolute Gasteiger partial charge is 0.459 e. The summed E-state index contributed by atoms with van der Waals surface area (Å²) in [5.74, 6) is -0.307. The number of rotatable bonds is 2. The number of hydrogen-bond donors (Lipinski definition) is 0. The molecule has 1 saturated heterocycles.